The number of anilines is 2. The van der Waals surface area contributed by atoms with Crippen LogP contribution < -0.4 is 20.9 Å². The van der Waals surface area contributed by atoms with Crippen LogP contribution in [-0.2, 0) is 4.79 Å². The Kier molecular flexibility index (Phi) is 10.3. The highest BCUT2D eigenvalue weighted by atomic mass is 127. The van der Waals surface area contributed by atoms with Gasteiger partial charge >= 0.3 is 0 Å². The smallest absolute Gasteiger partial charge is 0.246 e. The maximum atomic E-state index is 12.3. The summed E-state index contributed by atoms with van der Waals surface area (Å²) in [5.74, 6) is 2.97. The highest BCUT2D eigenvalue weighted by Gasteiger charge is 2.14. The summed E-state index contributed by atoms with van der Waals surface area (Å²) in [5.41, 5.74) is 3.84. The topological polar surface area (TPSA) is 68.8 Å². The van der Waals surface area contributed by atoms with Gasteiger partial charge < -0.3 is 20.9 Å². The molecular weight excluding hydrogens is 513 g/mol. The maximum absolute atomic E-state index is 12.3. The molecule has 32 heavy (non-hydrogen) atoms. The minimum atomic E-state index is -0.199. The van der Waals surface area contributed by atoms with E-state index in [0.717, 1.165) is 18.7 Å². The van der Waals surface area contributed by atoms with E-state index in [4.69, 9.17) is 6.42 Å². The normalized spacial score (nSPS) is 14.2. The minimum Gasteiger partial charge on any atom is -0.372 e. The van der Waals surface area contributed by atoms with E-state index >= 15 is 0 Å². The van der Waals surface area contributed by atoms with Crippen molar-refractivity contribution in [2.24, 2.45) is 4.99 Å². The van der Waals surface area contributed by atoms with Crippen LogP contribution in [-0.4, -0.2) is 38.0 Å². The first-order chi connectivity index (χ1) is 15.1. The molecule has 1 amide bonds. The molecular formula is C25H32IN5O. The van der Waals surface area contributed by atoms with Gasteiger partial charge in [0.1, 0.15) is 6.54 Å². The Morgan fingerprint density at radius 2 is 1.94 bits per heavy atom. The van der Waals surface area contributed by atoms with Crippen LogP contribution in [0.15, 0.2) is 53.5 Å². The zero-order valence-electron chi connectivity index (χ0n) is 18.7. The van der Waals surface area contributed by atoms with Crippen LogP contribution >= 0.6 is 24.0 Å². The highest BCUT2D eigenvalue weighted by molar-refractivity contribution is 14.0. The van der Waals surface area contributed by atoms with Crippen molar-refractivity contribution in [1.29, 1.82) is 0 Å². The number of aliphatic imine (C=N–C) groups is 1. The number of carbonyl (C=O) groups is 1. The summed E-state index contributed by atoms with van der Waals surface area (Å²) in [6.45, 7) is 7.06. The fraction of sp³-hybridized carbons (Fsp3) is 0.360. The van der Waals surface area contributed by atoms with Gasteiger partial charge in [0.15, 0.2) is 5.96 Å². The summed E-state index contributed by atoms with van der Waals surface area (Å²) in [6.07, 6.45) is 7.93. The lowest BCUT2D eigenvalue weighted by Crippen LogP contribution is -2.39. The third kappa shape index (κ3) is 7.45. The Bertz CT molecular complexity index is 963. The summed E-state index contributed by atoms with van der Waals surface area (Å²) in [4.78, 5) is 19.2. The molecule has 0 radical (unpaired) electrons. The number of guanidine groups is 1. The van der Waals surface area contributed by atoms with E-state index < -0.39 is 0 Å². The Balaban J connectivity index is 0.00000363. The number of nitrogens with zero attached hydrogens (tertiary/aromatic N) is 2. The van der Waals surface area contributed by atoms with Crippen LogP contribution in [0, 0.1) is 12.3 Å². The molecule has 3 rings (SSSR count). The second kappa shape index (κ2) is 13.0. The van der Waals surface area contributed by atoms with Gasteiger partial charge in [-0.3, -0.25) is 4.79 Å². The third-order valence-corrected chi connectivity index (χ3v) is 5.23. The lowest BCUT2D eigenvalue weighted by atomic mass is 10.1. The molecule has 1 fully saturated rings. The molecule has 1 heterocycles. The standard InChI is InChI=1S/C25H31N5O.HI/c1-4-20-10-8-12-22(16-20)29-24(31)18-27-25(26-5-2)28-19(3)21-11-9-13-23(17-21)30-14-6-7-15-30;/h1,8-13,16-17,19H,5-7,14-15,18H2,2-3H3,(H,29,31)(H2,26,27,28);1H. The Labute approximate surface area is 208 Å². The van der Waals surface area contributed by atoms with Gasteiger partial charge in [0, 0.05) is 36.6 Å². The van der Waals surface area contributed by atoms with Gasteiger partial charge in [-0.2, -0.15) is 0 Å². The first kappa shape index (κ1) is 25.5. The molecule has 0 aliphatic carbocycles. The summed E-state index contributed by atoms with van der Waals surface area (Å²) >= 11 is 0. The predicted octanol–water partition coefficient (Wildman–Crippen LogP) is 4.14. The number of benzene rings is 2. The number of hydrogen-bond donors (Lipinski definition) is 3. The molecule has 2 aromatic rings. The van der Waals surface area contributed by atoms with E-state index in [0.29, 0.717) is 18.2 Å². The number of terminal acetylenes is 1. The van der Waals surface area contributed by atoms with E-state index in [1.54, 1.807) is 12.1 Å². The lowest BCUT2D eigenvalue weighted by Gasteiger charge is -2.22. The zero-order chi connectivity index (χ0) is 22.1. The molecule has 2 aromatic carbocycles. The first-order valence-electron chi connectivity index (χ1n) is 10.9. The summed E-state index contributed by atoms with van der Waals surface area (Å²) in [6, 6.07) is 15.9. The largest absolute Gasteiger partial charge is 0.372 e. The molecule has 6 nitrogen and oxygen atoms in total. The van der Waals surface area contributed by atoms with Gasteiger partial charge in [0.25, 0.3) is 0 Å². The highest BCUT2D eigenvalue weighted by Crippen LogP contribution is 2.23. The molecule has 0 aromatic heterocycles. The Morgan fingerprint density at radius 3 is 2.66 bits per heavy atom. The fourth-order valence-electron chi connectivity index (χ4n) is 3.61. The molecule has 170 valence electrons. The molecule has 1 aliphatic heterocycles. The van der Waals surface area contributed by atoms with Gasteiger partial charge in [0.05, 0.1) is 6.04 Å². The van der Waals surface area contributed by atoms with Crippen LogP contribution in [0.1, 0.15) is 43.9 Å². The average Bonchev–Trinajstić information content (AvgIpc) is 3.33. The van der Waals surface area contributed by atoms with Gasteiger partial charge in [-0.15, -0.1) is 30.4 Å². The minimum absolute atomic E-state index is 0. The molecule has 1 aliphatic rings. The number of amides is 1. The van der Waals surface area contributed by atoms with E-state index in [-0.39, 0.29) is 42.5 Å². The van der Waals surface area contributed by atoms with Gasteiger partial charge in [0.2, 0.25) is 5.91 Å². The van der Waals surface area contributed by atoms with Gasteiger partial charge in [-0.25, -0.2) is 4.99 Å². The number of halogens is 1. The van der Waals surface area contributed by atoms with Crippen LogP contribution in [0.25, 0.3) is 0 Å². The molecule has 1 saturated heterocycles. The molecule has 7 heteroatoms. The van der Waals surface area contributed by atoms with Crippen molar-refractivity contribution in [2.75, 3.05) is 36.4 Å². The molecule has 1 unspecified atom stereocenters. The van der Waals surface area contributed by atoms with Crippen molar-refractivity contribution in [2.45, 2.75) is 32.7 Å². The maximum Gasteiger partial charge on any atom is 0.246 e. The van der Waals surface area contributed by atoms with E-state index in [1.165, 1.54) is 24.1 Å². The van der Waals surface area contributed by atoms with Gasteiger partial charge in [-0.05, 0) is 62.6 Å². The third-order valence-electron chi connectivity index (χ3n) is 5.23. The SMILES string of the molecule is C#Cc1cccc(NC(=O)CN=C(NCC)NC(C)c2cccc(N3CCCC3)c2)c1.I. The van der Waals surface area contributed by atoms with Crippen molar-refractivity contribution in [3.63, 3.8) is 0 Å². The van der Waals surface area contributed by atoms with Crippen LogP contribution in [0.5, 0.6) is 0 Å². The molecule has 0 saturated carbocycles. The van der Waals surface area contributed by atoms with Crippen molar-refractivity contribution < 1.29 is 4.79 Å². The number of carbonyl (C=O) groups excluding carboxylic acids is 1. The first-order valence-corrected chi connectivity index (χ1v) is 10.9. The van der Waals surface area contributed by atoms with E-state index in [9.17, 15) is 4.79 Å². The zero-order valence-corrected chi connectivity index (χ0v) is 21.1. The molecule has 3 N–H and O–H groups in total. The van der Waals surface area contributed by atoms with Crippen molar-refractivity contribution in [3.05, 3.63) is 59.7 Å². The quantitative estimate of drug-likeness (QED) is 0.212. The number of hydrogen-bond acceptors (Lipinski definition) is 3. The summed E-state index contributed by atoms with van der Waals surface area (Å²) < 4.78 is 0. The van der Waals surface area contributed by atoms with Crippen LogP contribution in [0.2, 0.25) is 0 Å². The molecule has 1 atom stereocenters. The molecule has 0 spiro atoms. The second-order valence-corrected chi connectivity index (χ2v) is 7.62. The Hall–Kier alpha value is -2.73. The van der Waals surface area contributed by atoms with E-state index in [2.05, 4.69) is 63.0 Å². The summed E-state index contributed by atoms with van der Waals surface area (Å²) in [5, 5.41) is 9.45. The second-order valence-electron chi connectivity index (χ2n) is 7.62. The van der Waals surface area contributed by atoms with Crippen molar-refractivity contribution in [1.82, 2.24) is 10.6 Å². The fourth-order valence-corrected chi connectivity index (χ4v) is 3.61. The van der Waals surface area contributed by atoms with E-state index in [1.807, 2.05) is 19.1 Å². The van der Waals surface area contributed by atoms with Crippen molar-refractivity contribution >= 4 is 47.2 Å². The predicted molar refractivity (Wildman–Crippen MR) is 144 cm³/mol. The van der Waals surface area contributed by atoms with Gasteiger partial charge in [-0.1, -0.05) is 24.1 Å². The monoisotopic (exact) mass is 545 g/mol. The number of nitrogens with one attached hydrogen (secondary N) is 3. The van der Waals surface area contributed by atoms with Crippen LogP contribution in [0.3, 0.4) is 0 Å². The number of rotatable bonds is 7. The average molecular weight is 545 g/mol. The summed E-state index contributed by atoms with van der Waals surface area (Å²) in [7, 11) is 0. The Morgan fingerprint density at radius 1 is 1.19 bits per heavy atom. The van der Waals surface area contributed by atoms with Crippen molar-refractivity contribution in [3.8, 4) is 12.3 Å². The molecule has 0 bridgehead atoms. The van der Waals surface area contributed by atoms with Crippen LogP contribution in [0.4, 0.5) is 11.4 Å². The lowest BCUT2D eigenvalue weighted by molar-refractivity contribution is -0.114.